The second-order valence-corrected chi connectivity index (χ2v) is 7.42. The summed E-state index contributed by atoms with van der Waals surface area (Å²) >= 11 is 0. The normalized spacial score (nSPS) is 19.7. The Hall–Kier alpha value is -1.56. The standard InChI is InChI=1S/C23H32F2O/c1-3-5-6-7-8-18-9-11-19(12-10-18)13-14-20-15-16-21(26-17-4-2)23(25)22(20)24/h15-16,18-19H,3-12,17H2,1-2H3. The lowest BCUT2D eigenvalue weighted by atomic mass is 9.80. The van der Waals surface area contributed by atoms with Crippen LogP contribution in [0, 0.1) is 35.3 Å². The summed E-state index contributed by atoms with van der Waals surface area (Å²) in [5.41, 5.74) is 0.132. The average molecular weight is 363 g/mol. The number of rotatable bonds is 8. The van der Waals surface area contributed by atoms with Crippen molar-refractivity contribution in [2.24, 2.45) is 11.8 Å². The smallest absolute Gasteiger partial charge is 0.201 e. The van der Waals surface area contributed by atoms with Crippen LogP contribution >= 0.6 is 0 Å². The number of unbranched alkanes of at least 4 members (excludes halogenated alkanes) is 3. The van der Waals surface area contributed by atoms with Gasteiger partial charge in [-0.05, 0) is 50.2 Å². The molecule has 0 saturated heterocycles. The van der Waals surface area contributed by atoms with Crippen molar-refractivity contribution in [3.8, 4) is 17.6 Å². The quantitative estimate of drug-likeness (QED) is 0.362. The summed E-state index contributed by atoms with van der Waals surface area (Å²) in [5, 5.41) is 0. The first kappa shape index (κ1) is 20.7. The van der Waals surface area contributed by atoms with Crippen LogP contribution in [0.5, 0.6) is 5.75 Å². The molecule has 0 bridgehead atoms. The first-order valence-electron chi connectivity index (χ1n) is 10.3. The number of benzene rings is 1. The highest BCUT2D eigenvalue weighted by Crippen LogP contribution is 2.32. The summed E-state index contributed by atoms with van der Waals surface area (Å²) in [6, 6.07) is 3.00. The summed E-state index contributed by atoms with van der Waals surface area (Å²) in [5.74, 6) is 5.31. The van der Waals surface area contributed by atoms with E-state index in [0.717, 1.165) is 25.2 Å². The van der Waals surface area contributed by atoms with Gasteiger partial charge in [0.1, 0.15) is 0 Å². The Kier molecular flexibility index (Phi) is 8.95. The van der Waals surface area contributed by atoms with Crippen molar-refractivity contribution in [2.75, 3.05) is 6.61 Å². The van der Waals surface area contributed by atoms with Crippen molar-refractivity contribution in [3.63, 3.8) is 0 Å². The van der Waals surface area contributed by atoms with E-state index in [2.05, 4.69) is 18.8 Å². The van der Waals surface area contributed by atoms with E-state index < -0.39 is 11.6 Å². The van der Waals surface area contributed by atoms with E-state index in [1.165, 1.54) is 57.1 Å². The van der Waals surface area contributed by atoms with Crippen LogP contribution in [0.2, 0.25) is 0 Å². The zero-order valence-electron chi connectivity index (χ0n) is 16.3. The largest absolute Gasteiger partial charge is 0.490 e. The van der Waals surface area contributed by atoms with Crippen LogP contribution in [-0.4, -0.2) is 6.61 Å². The molecule has 26 heavy (non-hydrogen) atoms. The predicted octanol–water partition coefficient (Wildman–Crippen LogP) is 6.88. The topological polar surface area (TPSA) is 9.23 Å². The van der Waals surface area contributed by atoms with E-state index in [1.54, 1.807) is 0 Å². The third-order valence-electron chi connectivity index (χ3n) is 5.23. The zero-order valence-corrected chi connectivity index (χ0v) is 16.3. The van der Waals surface area contributed by atoms with E-state index in [4.69, 9.17) is 4.74 Å². The molecule has 0 N–H and O–H groups in total. The molecule has 1 fully saturated rings. The Morgan fingerprint density at radius 2 is 1.73 bits per heavy atom. The molecule has 1 aliphatic carbocycles. The van der Waals surface area contributed by atoms with Gasteiger partial charge in [0.25, 0.3) is 0 Å². The van der Waals surface area contributed by atoms with Crippen LogP contribution < -0.4 is 4.74 Å². The predicted molar refractivity (Wildman–Crippen MR) is 103 cm³/mol. The van der Waals surface area contributed by atoms with Gasteiger partial charge in [-0.15, -0.1) is 0 Å². The molecule has 2 rings (SSSR count). The van der Waals surface area contributed by atoms with Gasteiger partial charge in [-0.1, -0.05) is 57.8 Å². The number of halogens is 2. The SMILES string of the molecule is CCCCCCC1CCC(C#Cc2ccc(OCCC)c(F)c2F)CC1. The third-order valence-corrected chi connectivity index (χ3v) is 5.23. The molecule has 0 atom stereocenters. The van der Waals surface area contributed by atoms with E-state index in [-0.39, 0.29) is 11.3 Å². The molecule has 0 heterocycles. The van der Waals surface area contributed by atoms with Gasteiger partial charge in [-0.25, -0.2) is 4.39 Å². The fourth-order valence-electron chi connectivity index (χ4n) is 3.59. The summed E-state index contributed by atoms with van der Waals surface area (Å²) in [7, 11) is 0. The van der Waals surface area contributed by atoms with Gasteiger partial charge in [0, 0.05) is 5.92 Å². The highest BCUT2D eigenvalue weighted by molar-refractivity contribution is 5.41. The maximum Gasteiger partial charge on any atom is 0.201 e. The van der Waals surface area contributed by atoms with Crippen molar-refractivity contribution in [3.05, 3.63) is 29.3 Å². The highest BCUT2D eigenvalue weighted by atomic mass is 19.2. The molecule has 1 saturated carbocycles. The van der Waals surface area contributed by atoms with Gasteiger partial charge in [-0.2, -0.15) is 4.39 Å². The second kappa shape index (κ2) is 11.2. The summed E-state index contributed by atoms with van der Waals surface area (Å²) < 4.78 is 33.4. The van der Waals surface area contributed by atoms with E-state index in [1.807, 2.05) is 6.92 Å². The lowest BCUT2D eigenvalue weighted by Crippen LogP contribution is -2.13. The fourth-order valence-corrected chi connectivity index (χ4v) is 3.59. The van der Waals surface area contributed by atoms with Crippen LogP contribution in [0.4, 0.5) is 8.78 Å². The van der Waals surface area contributed by atoms with Gasteiger partial charge >= 0.3 is 0 Å². The number of ether oxygens (including phenoxy) is 1. The Bertz CT molecular complexity index is 607. The summed E-state index contributed by atoms with van der Waals surface area (Å²) in [6.07, 6.45) is 12.0. The fraction of sp³-hybridized carbons (Fsp3) is 0.652. The lowest BCUT2D eigenvalue weighted by molar-refractivity contribution is 0.294. The molecule has 1 aromatic rings. The molecule has 3 heteroatoms. The first-order valence-corrected chi connectivity index (χ1v) is 10.3. The monoisotopic (exact) mass is 362 g/mol. The van der Waals surface area contributed by atoms with E-state index >= 15 is 0 Å². The van der Waals surface area contributed by atoms with Gasteiger partial charge in [-0.3, -0.25) is 0 Å². The molecule has 0 unspecified atom stereocenters. The van der Waals surface area contributed by atoms with Crippen LogP contribution in [0.3, 0.4) is 0 Å². The Morgan fingerprint density at radius 3 is 2.42 bits per heavy atom. The molecule has 144 valence electrons. The second-order valence-electron chi connectivity index (χ2n) is 7.42. The summed E-state index contributed by atoms with van der Waals surface area (Å²) in [4.78, 5) is 0. The Balaban J connectivity index is 1.85. The van der Waals surface area contributed by atoms with E-state index in [0.29, 0.717) is 12.5 Å². The molecule has 1 nitrogen and oxygen atoms in total. The zero-order chi connectivity index (χ0) is 18.8. The van der Waals surface area contributed by atoms with Crippen molar-refractivity contribution in [1.29, 1.82) is 0 Å². The van der Waals surface area contributed by atoms with Gasteiger partial charge in [0.2, 0.25) is 5.82 Å². The highest BCUT2D eigenvalue weighted by Gasteiger charge is 2.19. The van der Waals surface area contributed by atoms with E-state index in [9.17, 15) is 8.78 Å². The van der Waals surface area contributed by atoms with Gasteiger partial charge < -0.3 is 4.74 Å². The molecular formula is C23H32F2O. The van der Waals surface area contributed by atoms with Crippen LogP contribution in [0.15, 0.2) is 12.1 Å². The number of hydrogen-bond donors (Lipinski definition) is 0. The third kappa shape index (κ3) is 6.31. The molecule has 0 spiro atoms. The minimum Gasteiger partial charge on any atom is -0.490 e. The Morgan fingerprint density at radius 1 is 0.962 bits per heavy atom. The molecule has 1 aromatic carbocycles. The maximum atomic E-state index is 14.2. The van der Waals surface area contributed by atoms with Gasteiger partial charge in [0.15, 0.2) is 11.6 Å². The molecule has 1 aliphatic rings. The number of hydrogen-bond acceptors (Lipinski definition) is 1. The summed E-state index contributed by atoms with van der Waals surface area (Å²) in [6.45, 7) is 4.54. The maximum absolute atomic E-state index is 14.2. The van der Waals surface area contributed by atoms with Crippen molar-refractivity contribution in [2.45, 2.75) is 78.1 Å². The molecule has 0 aromatic heterocycles. The van der Waals surface area contributed by atoms with Crippen molar-refractivity contribution in [1.82, 2.24) is 0 Å². The molecular weight excluding hydrogens is 330 g/mol. The van der Waals surface area contributed by atoms with Crippen LogP contribution in [0.1, 0.15) is 83.6 Å². The van der Waals surface area contributed by atoms with Gasteiger partial charge in [0.05, 0.1) is 12.2 Å². The van der Waals surface area contributed by atoms with Crippen LogP contribution in [-0.2, 0) is 0 Å². The molecule has 0 amide bonds. The molecule has 0 radical (unpaired) electrons. The molecule has 0 aliphatic heterocycles. The average Bonchev–Trinajstić information content (AvgIpc) is 2.66. The lowest BCUT2D eigenvalue weighted by Gasteiger charge is -2.25. The van der Waals surface area contributed by atoms with Crippen molar-refractivity contribution < 1.29 is 13.5 Å². The minimum atomic E-state index is -0.930. The van der Waals surface area contributed by atoms with Crippen molar-refractivity contribution >= 4 is 0 Å². The first-order chi connectivity index (χ1) is 12.7. The minimum absolute atomic E-state index is 0.0292. The van der Waals surface area contributed by atoms with Crippen LogP contribution in [0.25, 0.3) is 0 Å². The Labute approximate surface area is 157 Å².